The second-order valence-electron chi connectivity index (χ2n) is 3.92. The summed E-state index contributed by atoms with van der Waals surface area (Å²) in [6.45, 7) is 0. The van der Waals surface area contributed by atoms with Crippen molar-refractivity contribution in [1.29, 1.82) is 0 Å². The van der Waals surface area contributed by atoms with E-state index in [1.54, 1.807) is 12.4 Å². The predicted octanol–water partition coefficient (Wildman–Crippen LogP) is 3.70. The average Bonchev–Trinajstić information content (AvgIpc) is 2.82. The smallest absolute Gasteiger partial charge is 0.152 e. The van der Waals surface area contributed by atoms with Gasteiger partial charge < -0.3 is 4.98 Å². The third kappa shape index (κ3) is 1.60. The molecule has 0 saturated carbocycles. The molecule has 3 aromatic rings. The highest BCUT2D eigenvalue weighted by Crippen LogP contribution is 2.33. The fourth-order valence-electron chi connectivity index (χ4n) is 2.08. The highest BCUT2D eigenvalue weighted by molar-refractivity contribution is 6.33. The summed E-state index contributed by atoms with van der Waals surface area (Å²) in [5.41, 5.74) is 3.09. The van der Waals surface area contributed by atoms with Crippen LogP contribution in [0.25, 0.3) is 22.2 Å². The number of aromatic nitrogens is 2. The van der Waals surface area contributed by atoms with Crippen LogP contribution in [0.3, 0.4) is 0 Å². The Labute approximate surface area is 108 Å². The Bertz CT molecular complexity index is 733. The van der Waals surface area contributed by atoms with Crippen molar-refractivity contribution in [3.8, 4) is 11.1 Å². The quantitative estimate of drug-likeness (QED) is 0.711. The molecule has 0 aliphatic rings. The summed E-state index contributed by atoms with van der Waals surface area (Å²) in [7, 11) is 0. The number of carbonyl (C=O) groups excluding carboxylic acids is 1. The maximum absolute atomic E-state index is 11.1. The molecule has 0 amide bonds. The molecule has 2 aromatic heterocycles. The van der Waals surface area contributed by atoms with Gasteiger partial charge in [-0.3, -0.25) is 4.79 Å². The molecule has 3 nitrogen and oxygen atoms in total. The zero-order chi connectivity index (χ0) is 12.5. The van der Waals surface area contributed by atoms with E-state index >= 15 is 0 Å². The average molecular weight is 257 g/mol. The number of aromatic amines is 1. The van der Waals surface area contributed by atoms with Gasteiger partial charge in [-0.15, -0.1) is 0 Å². The summed E-state index contributed by atoms with van der Waals surface area (Å²) in [6, 6.07) is 9.42. The summed E-state index contributed by atoms with van der Waals surface area (Å²) < 4.78 is 0. The molecule has 1 aromatic carbocycles. The topological polar surface area (TPSA) is 45.8 Å². The standard InChI is InChI=1S/C14H9ClN2O/c15-12-4-2-1-3-10(12)11-5-6-16-14-13(11)9(8-18)7-17-14/h1-8H,(H,16,17). The van der Waals surface area contributed by atoms with Crippen LogP contribution >= 0.6 is 11.6 Å². The molecule has 0 saturated heterocycles. The highest BCUT2D eigenvalue weighted by atomic mass is 35.5. The van der Waals surface area contributed by atoms with E-state index < -0.39 is 0 Å². The Hall–Kier alpha value is -2.13. The number of H-pyrrole nitrogens is 1. The lowest BCUT2D eigenvalue weighted by Crippen LogP contribution is -1.85. The lowest BCUT2D eigenvalue weighted by atomic mass is 10.0. The molecular weight excluding hydrogens is 248 g/mol. The van der Waals surface area contributed by atoms with Crippen molar-refractivity contribution in [3.05, 3.63) is 53.3 Å². The first kappa shape index (κ1) is 11.0. The predicted molar refractivity (Wildman–Crippen MR) is 71.9 cm³/mol. The number of aldehydes is 1. The summed E-state index contributed by atoms with van der Waals surface area (Å²) >= 11 is 6.20. The van der Waals surface area contributed by atoms with Crippen molar-refractivity contribution in [3.63, 3.8) is 0 Å². The van der Waals surface area contributed by atoms with E-state index in [0.29, 0.717) is 16.2 Å². The van der Waals surface area contributed by atoms with Crippen LogP contribution in [0.1, 0.15) is 10.4 Å². The fourth-order valence-corrected chi connectivity index (χ4v) is 2.32. The first-order valence-electron chi connectivity index (χ1n) is 5.47. The van der Waals surface area contributed by atoms with Crippen LogP contribution in [0.4, 0.5) is 0 Å². The van der Waals surface area contributed by atoms with Gasteiger partial charge in [0.2, 0.25) is 0 Å². The molecule has 88 valence electrons. The second-order valence-corrected chi connectivity index (χ2v) is 4.33. The van der Waals surface area contributed by atoms with Gasteiger partial charge in [-0.25, -0.2) is 4.98 Å². The van der Waals surface area contributed by atoms with Crippen molar-refractivity contribution in [2.24, 2.45) is 0 Å². The number of carbonyl (C=O) groups is 1. The minimum Gasteiger partial charge on any atom is -0.345 e. The lowest BCUT2D eigenvalue weighted by Gasteiger charge is -2.06. The zero-order valence-electron chi connectivity index (χ0n) is 9.35. The third-order valence-corrected chi connectivity index (χ3v) is 3.22. The molecular formula is C14H9ClN2O. The summed E-state index contributed by atoms with van der Waals surface area (Å²) in [6.07, 6.45) is 4.18. The van der Waals surface area contributed by atoms with E-state index in [4.69, 9.17) is 11.6 Å². The number of nitrogens with zero attached hydrogens (tertiary/aromatic N) is 1. The lowest BCUT2D eigenvalue weighted by molar-refractivity contribution is 0.112. The van der Waals surface area contributed by atoms with Crippen LogP contribution in [-0.4, -0.2) is 16.3 Å². The number of pyridine rings is 1. The van der Waals surface area contributed by atoms with Gasteiger partial charge in [-0.2, -0.15) is 0 Å². The Kier molecular flexibility index (Phi) is 2.61. The van der Waals surface area contributed by atoms with Gasteiger partial charge in [-0.1, -0.05) is 29.8 Å². The van der Waals surface area contributed by atoms with Gasteiger partial charge >= 0.3 is 0 Å². The maximum Gasteiger partial charge on any atom is 0.152 e. The number of halogens is 1. The highest BCUT2D eigenvalue weighted by Gasteiger charge is 2.12. The van der Waals surface area contributed by atoms with Gasteiger partial charge in [0.25, 0.3) is 0 Å². The fraction of sp³-hybridized carbons (Fsp3) is 0. The van der Waals surface area contributed by atoms with Crippen LogP contribution in [0.15, 0.2) is 42.7 Å². The second kappa shape index (κ2) is 4.27. The molecule has 0 radical (unpaired) electrons. The van der Waals surface area contributed by atoms with Gasteiger partial charge in [0.1, 0.15) is 5.65 Å². The van der Waals surface area contributed by atoms with E-state index in [0.717, 1.165) is 22.8 Å². The molecule has 0 aliphatic heterocycles. The maximum atomic E-state index is 11.1. The Morgan fingerprint density at radius 3 is 2.78 bits per heavy atom. The zero-order valence-corrected chi connectivity index (χ0v) is 10.1. The van der Waals surface area contributed by atoms with Crippen LogP contribution in [0, 0.1) is 0 Å². The number of benzene rings is 1. The molecule has 0 aliphatic carbocycles. The normalized spacial score (nSPS) is 10.7. The van der Waals surface area contributed by atoms with E-state index in [-0.39, 0.29) is 0 Å². The van der Waals surface area contributed by atoms with E-state index in [2.05, 4.69) is 9.97 Å². The summed E-state index contributed by atoms with van der Waals surface area (Å²) in [5.74, 6) is 0. The van der Waals surface area contributed by atoms with Crippen LogP contribution in [-0.2, 0) is 0 Å². The Balaban J connectivity index is 2.39. The minimum atomic E-state index is 0.591. The number of hydrogen-bond donors (Lipinski definition) is 1. The van der Waals surface area contributed by atoms with Gasteiger partial charge in [-0.05, 0) is 17.7 Å². The minimum absolute atomic E-state index is 0.591. The van der Waals surface area contributed by atoms with Gasteiger partial charge in [0.15, 0.2) is 6.29 Å². The Morgan fingerprint density at radius 1 is 1.17 bits per heavy atom. The first-order chi connectivity index (χ1) is 8.81. The number of hydrogen-bond acceptors (Lipinski definition) is 2. The van der Waals surface area contributed by atoms with Crippen molar-refractivity contribution in [2.75, 3.05) is 0 Å². The van der Waals surface area contributed by atoms with Gasteiger partial charge in [0.05, 0.1) is 0 Å². The van der Waals surface area contributed by atoms with Crippen molar-refractivity contribution in [2.45, 2.75) is 0 Å². The number of nitrogens with one attached hydrogen (secondary N) is 1. The van der Waals surface area contributed by atoms with Crippen LogP contribution < -0.4 is 0 Å². The largest absolute Gasteiger partial charge is 0.345 e. The molecule has 2 heterocycles. The van der Waals surface area contributed by atoms with Crippen molar-refractivity contribution >= 4 is 28.9 Å². The molecule has 1 N–H and O–H groups in total. The van der Waals surface area contributed by atoms with Crippen molar-refractivity contribution in [1.82, 2.24) is 9.97 Å². The molecule has 0 spiro atoms. The first-order valence-corrected chi connectivity index (χ1v) is 5.85. The van der Waals surface area contributed by atoms with Crippen LogP contribution in [0.5, 0.6) is 0 Å². The van der Waals surface area contributed by atoms with Gasteiger partial charge in [0, 0.05) is 33.9 Å². The molecule has 0 atom stereocenters. The summed E-state index contributed by atoms with van der Waals surface area (Å²) in [5, 5.41) is 1.46. The molecule has 0 bridgehead atoms. The SMILES string of the molecule is O=Cc1c[nH]c2nccc(-c3ccccc3Cl)c12. The van der Waals surface area contributed by atoms with Crippen molar-refractivity contribution < 1.29 is 4.79 Å². The molecule has 3 rings (SSSR count). The van der Waals surface area contributed by atoms with E-state index in [1.807, 2.05) is 30.3 Å². The number of rotatable bonds is 2. The van der Waals surface area contributed by atoms with E-state index in [9.17, 15) is 4.79 Å². The molecule has 18 heavy (non-hydrogen) atoms. The third-order valence-electron chi connectivity index (χ3n) is 2.90. The molecule has 4 heteroatoms. The summed E-state index contributed by atoms with van der Waals surface area (Å²) in [4.78, 5) is 18.3. The molecule has 0 unspecified atom stereocenters. The van der Waals surface area contributed by atoms with E-state index in [1.165, 1.54) is 0 Å². The number of fused-ring (bicyclic) bond motifs is 1. The molecule has 0 fully saturated rings. The Morgan fingerprint density at radius 2 is 2.00 bits per heavy atom. The monoisotopic (exact) mass is 256 g/mol. The van der Waals surface area contributed by atoms with Crippen LogP contribution in [0.2, 0.25) is 5.02 Å².